The Hall–Kier alpha value is -1.91. The number of hydrogen-bond donors (Lipinski definition) is 0. The molecule has 0 bridgehead atoms. The number of pyridine rings is 1. The van der Waals surface area contributed by atoms with E-state index in [0.717, 1.165) is 18.4 Å². The number of methoxy groups -OCH3 is 1. The van der Waals surface area contributed by atoms with Crippen LogP contribution in [0.15, 0.2) is 30.6 Å². The van der Waals surface area contributed by atoms with Gasteiger partial charge in [0.05, 0.1) is 13.2 Å². The molecular formula is C19H18Cl2NO3. The third-order valence-electron chi connectivity index (χ3n) is 4.14. The van der Waals surface area contributed by atoms with Crippen LogP contribution in [0.2, 0.25) is 10.0 Å². The fourth-order valence-electron chi connectivity index (χ4n) is 2.85. The molecule has 1 aliphatic carbocycles. The number of halogens is 2. The molecule has 4 nitrogen and oxygen atoms in total. The number of benzene rings is 1. The van der Waals surface area contributed by atoms with E-state index in [1.807, 2.05) is 18.2 Å². The average molecular weight is 379 g/mol. The Kier molecular flexibility index (Phi) is 5.71. The van der Waals surface area contributed by atoms with Gasteiger partial charge >= 0.3 is 0 Å². The second-order valence-electron chi connectivity index (χ2n) is 5.91. The molecule has 0 saturated heterocycles. The van der Waals surface area contributed by atoms with Gasteiger partial charge in [-0.3, -0.25) is 0 Å². The van der Waals surface area contributed by atoms with Crippen LogP contribution in [0.1, 0.15) is 36.8 Å². The fraction of sp³-hybridized carbons (Fsp3) is 0.316. The molecule has 131 valence electrons. The van der Waals surface area contributed by atoms with Crippen LogP contribution in [0.25, 0.3) is 6.08 Å². The van der Waals surface area contributed by atoms with Crippen molar-refractivity contribution in [3.05, 3.63) is 63.0 Å². The summed E-state index contributed by atoms with van der Waals surface area (Å²) in [5, 5.41) is 11.8. The Morgan fingerprint density at radius 1 is 1.16 bits per heavy atom. The standard InChI is InChI=1S/C19H18Cl2NO3/c1-24-18-9-7-13(10-19(18)25-14-4-2-3-5-14)6-8-15-16(20)11-22(23)12-17(15)21/h7-12,14H,2-5H2,1H3. The van der Waals surface area contributed by atoms with Gasteiger partial charge in [-0.1, -0.05) is 29.3 Å². The molecule has 6 heteroatoms. The van der Waals surface area contributed by atoms with Gasteiger partial charge in [0.25, 0.3) is 0 Å². The summed E-state index contributed by atoms with van der Waals surface area (Å²) in [5.74, 6) is 1.40. The Morgan fingerprint density at radius 2 is 1.84 bits per heavy atom. The second-order valence-corrected chi connectivity index (χ2v) is 6.72. The average Bonchev–Trinajstić information content (AvgIpc) is 3.07. The molecule has 0 atom stereocenters. The largest absolute Gasteiger partial charge is 0.619 e. The van der Waals surface area contributed by atoms with E-state index in [1.54, 1.807) is 13.2 Å². The summed E-state index contributed by atoms with van der Waals surface area (Å²) < 4.78 is 12.0. The first-order chi connectivity index (χ1) is 12.1. The van der Waals surface area contributed by atoms with Crippen LogP contribution >= 0.6 is 23.2 Å². The van der Waals surface area contributed by atoms with Crippen molar-refractivity contribution in [3.63, 3.8) is 0 Å². The zero-order valence-corrected chi connectivity index (χ0v) is 15.3. The van der Waals surface area contributed by atoms with Crippen LogP contribution in [-0.4, -0.2) is 13.2 Å². The van der Waals surface area contributed by atoms with Gasteiger partial charge in [0.2, 0.25) is 0 Å². The summed E-state index contributed by atoms with van der Waals surface area (Å²) in [4.78, 5) is 0. The molecule has 1 fully saturated rings. The van der Waals surface area contributed by atoms with E-state index >= 15 is 0 Å². The van der Waals surface area contributed by atoms with Gasteiger partial charge in [0, 0.05) is 5.56 Å². The van der Waals surface area contributed by atoms with Crippen LogP contribution in [0, 0.1) is 11.3 Å². The number of hydrogen-bond acceptors (Lipinski definition) is 3. The van der Waals surface area contributed by atoms with E-state index < -0.39 is 0 Å². The Bertz CT molecular complexity index is 763. The highest BCUT2D eigenvalue weighted by molar-refractivity contribution is 6.36. The van der Waals surface area contributed by atoms with E-state index in [4.69, 9.17) is 32.7 Å². The minimum Gasteiger partial charge on any atom is -0.619 e. The molecule has 0 spiro atoms. The molecule has 3 rings (SSSR count). The first-order valence-corrected chi connectivity index (χ1v) is 8.84. The van der Waals surface area contributed by atoms with Gasteiger partial charge in [-0.2, -0.15) is 4.73 Å². The lowest BCUT2D eigenvalue weighted by molar-refractivity contribution is -0.605. The van der Waals surface area contributed by atoms with E-state index in [9.17, 15) is 5.21 Å². The van der Waals surface area contributed by atoms with Crippen LogP contribution in [0.4, 0.5) is 0 Å². The molecule has 2 aromatic rings. The quantitative estimate of drug-likeness (QED) is 0.553. The molecule has 0 aliphatic heterocycles. The van der Waals surface area contributed by atoms with Crippen molar-refractivity contribution in [1.82, 2.24) is 0 Å². The first-order valence-electron chi connectivity index (χ1n) is 8.09. The van der Waals surface area contributed by atoms with Crippen molar-refractivity contribution >= 4 is 29.3 Å². The maximum atomic E-state index is 11.3. The van der Waals surface area contributed by atoms with E-state index in [0.29, 0.717) is 21.8 Å². The third kappa shape index (κ3) is 4.39. The summed E-state index contributed by atoms with van der Waals surface area (Å²) in [6.45, 7) is 0. The van der Waals surface area contributed by atoms with Gasteiger partial charge in [-0.05, 0) is 55.5 Å². The molecular weight excluding hydrogens is 361 g/mol. The van der Waals surface area contributed by atoms with Crippen molar-refractivity contribution in [2.24, 2.45) is 0 Å². The maximum absolute atomic E-state index is 11.3. The summed E-state index contributed by atoms with van der Waals surface area (Å²) in [6, 6.07) is 5.60. The Morgan fingerprint density at radius 3 is 2.48 bits per heavy atom. The lowest BCUT2D eigenvalue weighted by Crippen LogP contribution is -2.24. The maximum Gasteiger partial charge on any atom is 0.199 e. The third-order valence-corrected chi connectivity index (χ3v) is 4.74. The van der Waals surface area contributed by atoms with Crippen LogP contribution in [0.5, 0.6) is 11.5 Å². The first kappa shape index (κ1) is 17.9. The topological polar surface area (TPSA) is 45.4 Å². The summed E-state index contributed by atoms with van der Waals surface area (Å²) >= 11 is 12.1. The molecule has 0 N–H and O–H groups in total. The summed E-state index contributed by atoms with van der Waals surface area (Å²) in [7, 11) is 1.62. The molecule has 1 aromatic carbocycles. The monoisotopic (exact) mass is 378 g/mol. The van der Waals surface area contributed by atoms with Gasteiger partial charge in [0.15, 0.2) is 23.9 Å². The molecule has 25 heavy (non-hydrogen) atoms. The van der Waals surface area contributed by atoms with Gasteiger partial charge in [0.1, 0.15) is 10.0 Å². The van der Waals surface area contributed by atoms with E-state index in [1.165, 1.54) is 25.2 Å². The van der Waals surface area contributed by atoms with Crippen LogP contribution in [0.3, 0.4) is 0 Å². The molecule has 1 aromatic heterocycles. The minimum absolute atomic E-state index is 0.235. The van der Waals surface area contributed by atoms with Crippen LogP contribution < -0.4 is 14.2 Å². The number of aromatic nitrogens is 1. The van der Waals surface area contributed by atoms with Gasteiger partial charge in [-0.15, -0.1) is 0 Å². The highest BCUT2D eigenvalue weighted by atomic mass is 35.5. The van der Waals surface area contributed by atoms with E-state index in [2.05, 4.69) is 6.08 Å². The number of ether oxygens (including phenoxy) is 2. The number of rotatable bonds is 5. The molecule has 1 heterocycles. The Labute approximate surface area is 157 Å². The lowest BCUT2D eigenvalue weighted by Gasteiger charge is -2.16. The Balaban J connectivity index is 1.85. The zero-order chi connectivity index (χ0) is 17.8. The predicted octanol–water partition coefficient (Wildman–Crippen LogP) is 4.82. The SMILES string of the molecule is COc1ccc([C]=Cc2c(Cl)c[n+]([O-])cc2Cl)cc1OC1CCCC1. The lowest BCUT2D eigenvalue weighted by atomic mass is 10.1. The fourth-order valence-corrected chi connectivity index (χ4v) is 3.41. The summed E-state index contributed by atoms with van der Waals surface area (Å²) in [6.07, 6.45) is 12.1. The van der Waals surface area contributed by atoms with Gasteiger partial charge in [-0.25, -0.2) is 0 Å². The van der Waals surface area contributed by atoms with Crippen molar-refractivity contribution in [2.45, 2.75) is 31.8 Å². The van der Waals surface area contributed by atoms with Crippen molar-refractivity contribution < 1.29 is 14.2 Å². The van der Waals surface area contributed by atoms with Crippen LogP contribution in [-0.2, 0) is 0 Å². The minimum atomic E-state index is 0.235. The van der Waals surface area contributed by atoms with Gasteiger partial charge < -0.3 is 14.7 Å². The zero-order valence-electron chi connectivity index (χ0n) is 13.8. The normalized spacial score (nSPS) is 15.0. The number of nitrogens with zero attached hydrogens (tertiary/aromatic N) is 1. The van der Waals surface area contributed by atoms with Crippen molar-refractivity contribution in [2.75, 3.05) is 7.11 Å². The van der Waals surface area contributed by atoms with Crippen molar-refractivity contribution in [1.29, 1.82) is 0 Å². The molecule has 0 amide bonds. The predicted molar refractivity (Wildman–Crippen MR) is 98.1 cm³/mol. The van der Waals surface area contributed by atoms with Crippen molar-refractivity contribution in [3.8, 4) is 11.5 Å². The smallest absolute Gasteiger partial charge is 0.199 e. The molecule has 1 aliphatic rings. The van der Waals surface area contributed by atoms with E-state index in [-0.39, 0.29) is 16.1 Å². The highest BCUT2D eigenvalue weighted by Gasteiger charge is 2.18. The molecule has 1 radical (unpaired) electrons. The highest BCUT2D eigenvalue weighted by Crippen LogP contribution is 2.33. The summed E-state index contributed by atoms with van der Waals surface area (Å²) in [5.41, 5.74) is 1.35. The molecule has 1 saturated carbocycles. The molecule has 0 unspecified atom stereocenters. The second kappa shape index (κ2) is 7.98.